The highest BCUT2D eigenvalue weighted by Gasteiger charge is 2.36. The molecule has 0 aliphatic carbocycles. The summed E-state index contributed by atoms with van der Waals surface area (Å²) in [5.41, 5.74) is 1.83. The average Bonchev–Trinajstić information content (AvgIpc) is 3.19. The van der Waals surface area contributed by atoms with E-state index in [9.17, 15) is 19.5 Å². The Kier molecular flexibility index (Phi) is 5.03. The van der Waals surface area contributed by atoms with Crippen molar-refractivity contribution in [2.75, 3.05) is 16.8 Å². The van der Waals surface area contributed by atoms with E-state index in [4.69, 9.17) is 0 Å². The minimum atomic E-state index is -0.944. The van der Waals surface area contributed by atoms with Crippen molar-refractivity contribution in [1.29, 1.82) is 0 Å². The number of carboxylic acids is 1. The molecule has 8 heteroatoms. The Morgan fingerprint density at radius 1 is 1.35 bits per heavy atom. The quantitative estimate of drug-likeness (QED) is 0.839. The highest BCUT2D eigenvalue weighted by molar-refractivity contribution is 7.13. The molecule has 1 unspecified atom stereocenters. The van der Waals surface area contributed by atoms with Gasteiger partial charge in [0.25, 0.3) is 0 Å². The lowest BCUT2D eigenvalue weighted by Crippen LogP contribution is -2.32. The number of hydrogen-bond donors (Lipinski definition) is 2. The molecule has 0 saturated carbocycles. The summed E-state index contributed by atoms with van der Waals surface area (Å²) in [6, 6.07) is 7.05. The van der Waals surface area contributed by atoms with E-state index in [0.29, 0.717) is 22.1 Å². The highest BCUT2D eigenvalue weighted by Crippen LogP contribution is 2.36. The van der Waals surface area contributed by atoms with Crippen LogP contribution in [0.3, 0.4) is 0 Å². The van der Waals surface area contributed by atoms with Crippen LogP contribution in [0, 0.1) is 5.92 Å². The van der Waals surface area contributed by atoms with Crippen LogP contribution in [0.1, 0.15) is 31.0 Å². The standard InChI is InChI=1S/C18H19N3O4S/c1-10(2)16(23)20-18-19-11(9-26-18)7-15(22)21-8-13(17(24)25)12-5-3-4-6-14(12)21/h3-6,9-10,13H,7-8H2,1-2H3,(H,24,25)(H,19,20,23). The first kappa shape index (κ1) is 18.1. The summed E-state index contributed by atoms with van der Waals surface area (Å²) in [6.45, 7) is 3.70. The molecule has 0 fully saturated rings. The number of carbonyl (C=O) groups excluding carboxylic acids is 2. The Labute approximate surface area is 154 Å². The number of aliphatic carboxylic acids is 1. The summed E-state index contributed by atoms with van der Waals surface area (Å²) in [4.78, 5) is 41.7. The Balaban J connectivity index is 1.72. The Morgan fingerprint density at radius 2 is 2.08 bits per heavy atom. The van der Waals surface area contributed by atoms with E-state index in [0.717, 1.165) is 0 Å². The molecule has 0 bridgehead atoms. The third kappa shape index (κ3) is 3.60. The van der Waals surface area contributed by atoms with Gasteiger partial charge in [0.2, 0.25) is 11.8 Å². The first-order valence-electron chi connectivity index (χ1n) is 8.24. The second-order valence-electron chi connectivity index (χ2n) is 6.42. The number of nitrogens with one attached hydrogen (secondary N) is 1. The van der Waals surface area contributed by atoms with Crippen molar-refractivity contribution in [2.24, 2.45) is 5.92 Å². The van der Waals surface area contributed by atoms with Gasteiger partial charge in [0.15, 0.2) is 5.13 Å². The fourth-order valence-corrected chi connectivity index (χ4v) is 3.51. The van der Waals surface area contributed by atoms with Crippen LogP contribution in [0.25, 0.3) is 0 Å². The van der Waals surface area contributed by atoms with E-state index in [1.54, 1.807) is 43.5 Å². The first-order chi connectivity index (χ1) is 12.4. The Morgan fingerprint density at radius 3 is 2.77 bits per heavy atom. The number of carboxylic acid groups (broad SMARTS) is 1. The number of thiazole rings is 1. The first-order valence-corrected chi connectivity index (χ1v) is 9.12. The largest absolute Gasteiger partial charge is 0.481 e. The van der Waals surface area contributed by atoms with Gasteiger partial charge in [-0.05, 0) is 11.6 Å². The molecule has 1 aliphatic heterocycles. The third-order valence-electron chi connectivity index (χ3n) is 4.21. The zero-order chi connectivity index (χ0) is 18.8. The van der Waals surface area contributed by atoms with Gasteiger partial charge in [0.1, 0.15) is 5.92 Å². The molecule has 0 radical (unpaired) electrons. The highest BCUT2D eigenvalue weighted by atomic mass is 32.1. The van der Waals surface area contributed by atoms with Crippen LogP contribution in [-0.4, -0.2) is 34.4 Å². The van der Waals surface area contributed by atoms with Crippen molar-refractivity contribution in [2.45, 2.75) is 26.2 Å². The SMILES string of the molecule is CC(C)C(=O)Nc1nc(CC(=O)N2CC(C(=O)O)c3ccccc32)cs1. The molecule has 2 N–H and O–H groups in total. The summed E-state index contributed by atoms with van der Waals surface area (Å²) in [5, 5.41) is 14.3. The van der Waals surface area contributed by atoms with Crippen molar-refractivity contribution in [3.63, 3.8) is 0 Å². The fraction of sp³-hybridized carbons (Fsp3) is 0.333. The molecule has 2 heterocycles. The van der Waals surface area contributed by atoms with Crippen molar-refractivity contribution in [3.05, 3.63) is 40.9 Å². The van der Waals surface area contributed by atoms with Gasteiger partial charge < -0.3 is 15.3 Å². The molecule has 1 aliphatic rings. The van der Waals surface area contributed by atoms with Crippen LogP contribution < -0.4 is 10.2 Å². The van der Waals surface area contributed by atoms with Crippen molar-refractivity contribution in [1.82, 2.24) is 4.98 Å². The van der Waals surface area contributed by atoms with Gasteiger partial charge in [-0.25, -0.2) is 4.98 Å². The molecule has 2 amide bonds. The minimum absolute atomic E-state index is 0.0503. The lowest BCUT2D eigenvalue weighted by Gasteiger charge is -2.16. The van der Waals surface area contributed by atoms with Crippen molar-refractivity contribution in [3.8, 4) is 0 Å². The third-order valence-corrected chi connectivity index (χ3v) is 5.01. The minimum Gasteiger partial charge on any atom is -0.481 e. The number of benzene rings is 1. The fourth-order valence-electron chi connectivity index (χ4n) is 2.80. The number of aromatic nitrogens is 1. The summed E-state index contributed by atoms with van der Waals surface area (Å²) in [7, 11) is 0. The van der Waals surface area contributed by atoms with E-state index in [1.807, 2.05) is 0 Å². The van der Waals surface area contributed by atoms with Crippen LogP contribution in [0.4, 0.5) is 10.8 Å². The zero-order valence-corrected chi connectivity index (χ0v) is 15.2. The van der Waals surface area contributed by atoms with Crippen LogP contribution in [0.5, 0.6) is 0 Å². The van der Waals surface area contributed by atoms with Crippen LogP contribution in [0.2, 0.25) is 0 Å². The predicted molar refractivity (Wildman–Crippen MR) is 98.5 cm³/mol. The molecular formula is C18H19N3O4S. The Hall–Kier alpha value is -2.74. The molecule has 0 spiro atoms. The van der Waals surface area contributed by atoms with Crippen molar-refractivity contribution >= 4 is 39.9 Å². The van der Waals surface area contributed by atoms with Crippen molar-refractivity contribution < 1.29 is 19.5 Å². The number of rotatable bonds is 5. The van der Waals surface area contributed by atoms with Crippen LogP contribution in [-0.2, 0) is 20.8 Å². The second-order valence-corrected chi connectivity index (χ2v) is 7.28. The normalized spacial score (nSPS) is 15.8. The molecule has 1 aromatic carbocycles. The van der Waals surface area contributed by atoms with Gasteiger partial charge in [-0.2, -0.15) is 0 Å². The molecule has 136 valence electrons. The monoisotopic (exact) mass is 373 g/mol. The summed E-state index contributed by atoms with van der Waals surface area (Å²) >= 11 is 1.26. The van der Waals surface area contributed by atoms with Gasteiger partial charge in [-0.1, -0.05) is 32.0 Å². The summed E-state index contributed by atoms with van der Waals surface area (Å²) in [5.74, 6) is -2.16. The topological polar surface area (TPSA) is 99.6 Å². The lowest BCUT2D eigenvalue weighted by molar-refractivity contribution is -0.138. The average molecular weight is 373 g/mol. The van der Waals surface area contributed by atoms with E-state index in [2.05, 4.69) is 10.3 Å². The van der Waals surface area contributed by atoms with Gasteiger partial charge >= 0.3 is 5.97 Å². The van der Waals surface area contributed by atoms with Gasteiger partial charge in [0.05, 0.1) is 12.1 Å². The van der Waals surface area contributed by atoms with Crippen LogP contribution in [0.15, 0.2) is 29.6 Å². The molecule has 1 atom stereocenters. The second kappa shape index (κ2) is 7.25. The summed E-state index contributed by atoms with van der Waals surface area (Å²) in [6.07, 6.45) is 0.0503. The predicted octanol–water partition coefficient (Wildman–Crippen LogP) is 2.50. The van der Waals surface area contributed by atoms with Gasteiger partial charge in [-0.15, -0.1) is 11.3 Å². The molecule has 0 saturated heterocycles. The number of carbonyl (C=O) groups is 3. The summed E-state index contributed by atoms with van der Waals surface area (Å²) < 4.78 is 0. The molecule has 1 aromatic heterocycles. The number of para-hydroxylation sites is 1. The maximum Gasteiger partial charge on any atom is 0.312 e. The molecule has 7 nitrogen and oxygen atoms in total. The maximum atomic E-state index is 12.7. The Bertz CT molecular complexity index is 862. The number of hydrogen-bond acceptors (Lipinski definition) is 5. The molecule has 26 heavy (non-hydrogen) atoms. The van der Waals surface area contributed by atoms with E-state index < -0.39 is 11.9 Å². The molecule has 3 rings (SSSR count). The van der Waals surface area contributed by atoms with E-state index >= 15 is 0 Å². The number of fused-ring (bicyclic) bond motifs is 1. The van der Waals surface area contributed by atoms with E-state index in [1.165, 1.54) is 16.2 Å². The number of amides is 2. The lowest BCUT2D eigenvalue weighted by atomic mass is 10.0. The number of nitrogens with zero attached hydrogens (tertiary/aromatic N) is 2. The van der Waals surface area contributed by atoms with Crippen LogP contribution >= 0.6 is 11.3 Å². The van der Waals surface area contributed by atoms with Gasteiger partial charge in [-0.3, -0.25) is 14.4 Å². The van der Waals surface area contributed by atoms with Gasteiger partial charge in [0, 0.05) is 23.5 Å². The van der Waals surface area contributed by atoms with E-state index in [-0.39, 0.29) is 30.7 Å². The molecule has 2 aromatic rings. The smallest absolute Gasteiger partial charge is 0.312 e. The zero-order valence-electron chi connectivity index (χ0n) is 14.4. The molecular weight excluding hydrogens is 354 g/mol. The number of anilines is 2. The maximum absolute atomic E-state index is 12.7.